The van der Waals surface area contributed by atoms with Gasteiger partial charge in [-0.1, -0.05) is 0 Å². The summed E-state index contributed by atoms with van der Waals surface area (Å²) < 4.78 is 29.2. The van der Waals surface area contributed by atoms with Crippen molar-refractivity contribution < 1.29 is 22.7 Å². The Morgan fingerprint density at radius 1 is 1.37 bits per heavy atom. The molecule has 0 aliphatic carbocycles. The molecule has 1 fully saturated rings. The van der Waals surface area contributed by atoms with Crippen LogP contribution in [0.4, 0.5) is 0 Å². The molecule has 0 atom stereocenters. The molecule has 0 saturated carbocycles. The summed E-state index contributed by atoms with van der Waals surface area (Å²) >= 11 is 0. The Labute approximate surface area is 113 Å². The highest BCUT2D eigenvalue weighted by molar-refractivity contribution is 7.88. The Hall–Kier alpha value is -1.37. The van der Waals surface area contributed by atoms with Gasteiger partial charge in [-0.3, -0.25) is 9.10 Å². The number of hydrogen-bond donors (Lipinski definition) is 0. The van der Waals surface area contributed by atoms with Crippen molar-refractivity contribution in [3.05, 3.63) is 11.8 Å². The highest BCUT2D eigenvalue weighted by Gasteiger charge is 2.30. The van der Waals surface area contributed by atoms with Crippen LogP contribution < -0.4 is 0 Å². The Kier molecular flexibility index (Phi) is 4.39. The van der Waals surface area contributed by atoms with E-state index in [1.54, 1.807) is 20.8 Å². The van der Waals surface area contributed by atoms with Crippen molar-refractivity contribution in [2.75, 3.05) is 12.8 Å². The van der Waals surface area contributed by atoms with Gasteiger partial charge in [-0.15, -0.1) is 0 Å². The lowest BCUT2D eigenvalue weighted by Gasteiger charge is -2.28. The van der Waals surface area contributed by atoms with Gasteiger partial charge in [0.1, 0.15) is 11.3 Å². The van der Waals surface area contributed by atoms with Crippen molar-refractivity contribution >= 4 is 21.8 Å². The van der Waals surface area contributed by atoms with E-state index in [4.69, 9.17) is 4.74 Å². The fourth-order valence-corrected chi connectivity index (χ4v) is 2.68. The van der Waals surface area contributed by atoms with Gasteiger partial charge in [-0.05, 0) is 27.2 Å². The highest BCUT2D eigenvalue weighted by Crippen LogP contribution is 2.21. The first-order valence-corrected chi connectivity index (χ1v) is 7.81. The minimum absolute atomic E-state index is 0.108. The lowest BCUT2D eigenvalue weighted by atomic mass is 10.1. The van der Waals surface area contributed by atoms with Crippen molar-refractivity contribution in [1.82, 2.24) is 4.31 Å². The van der Waals surface area contributed by atoms with Crippen LogP contribution in [0.5, 0.6) is 0 Å². The summed E-state index contributed by atoms with van der Waals surface area (Å²) in [5.74, 6) is -1.08. The van der Waals surface area contributed by atoms with Gasteiger partial charge < -0.3 is 4.74 Å². The maximum atomic E-state index is 11.8. The van der Waals surface area contributed by atoms with Gasteiger partial charge in [0.15, 0.2) is 5.78 Å². The molecule has 0 aromatic rings. The number of hydrogen-bond acceptors (Lipinski definition) is 5. The summed E-state index contributed by atoms with van der Waals surface area (Å²) in [6.45, 7) is 5.29. The van der Waals surface area contributed by atoms with Crippen LogP contribution in [-0.2, 0) is 24.3 Å². The number of carbonyl (C=O) groups is 2. The third-order valence-corrected chi connectivity index (χ3v) is 3.56. The highest BCUT2D eigenvalue weighted by atomic mass is 32.2. The van der Waals surface area contributed by atoms with Crippen LogP contribution in [0.1, 0.15) is 33.6 Å². The summed E-state index contributed by atoms with van der Waals surface area (Å²) in [6, 6.07) is 0. The van der Waals surface area contributed by atoms with Crippen molar-refractivity contribution in [2.24, 2.45) is 0 Å². The maximum absolute atomic E-state index is 11.8. The van der Waals surface area contributed by atoms with Crippen LogP contribution in [0, 0.1) is 0 Å². The van der Waals surface area contributed by atoms with Crippen LogP contribution in [0.2, 0.25) is 0 Å². The second-order valence-electron chi connectivity index (χ2n) is 5.42. The molecule has 108 valence electrons. The van der Waals surface area contributed by atoms with Crippen molar-refractivity contribution in [2.45, 2.75) is 39.2 Å². The van der Waals surface area contributed by atoms with Crippen LogP contribution in [-0.4, -0.2) is 42.9 Å². The third kappa shape index (κ3) is 4.66. The Morgan fingerprint density at radius 2 is 1.95 bits per heavy atom. The van der Waals surface area contributed by atoms with E-state index in [9.17, 15) is 18.0 Å². The zero-order chi connectivity index (χ0) is 14.8. The van der Waals surface area contributed by atoms with Crippen LogP contribution >= 0.6 is 0 Å². The molecule has 0 unspecified atom stereocenters. The van der Waals surface area contributed by atoms with E-state index >= 15 is 0 Å². The van der Waals surface area contributed by atoms with Crippen molar-refractivity contribution in [3.63, 3.8) is 0 Å². The van der Waals surface area contributed by atoms with Crippen LogP contribution in [0.15, 0.2) is 11.8 Å². The number of carbonyl (C=O) groups excluding carboxylic acids is 2. The first-order chi connectivity index (χ1) is 8.50. The number of rotatable bonds is 2. The summed E-state index contributed by atoms with van der Waals surface area (Å²) in [7, 11) is -3.56. The molecule has 0 bridgehead atoms. The summed E-state index contributed by atoms with van der Waals surface area (Å²) in [6.07, 6.45) is 2.67. The molecule has 1 aliphatic heterocycles. The molecule has 0 spiro atoms. The summed E-state index contributed by atoms with van der Waals surface area (Å²) in [4.78, 5) is 23.4. The number of esters is 1. The molecule has 0 aromatic carbocycles. The normalized spacial score (nSPS) is 19.7. The monoisotopic (exact) mass is 289 g/mol. The quantitative estimate of drug-likeness (QED) is 0.556. The zero-order valence-electron chi connectivity index (χ0n) is 11.6. The molecule has 0 aromatic heterocycles. The zero-order valence-corrected chi connectivity index (χ0v) is 12.4. The first-order valence-electron chi connectivity index (χ1n) is 5.96. The Bertz CT molecular complexity index is 513. The van der Waals surface area contributed by atoms with E-state index in [2.05, 4.69) is 0 Å². The average Bonchev–Trinajstić information content (AvgIpc) is 2.16. The number of Topliss-reactive ketones (excluding diaryl/α,β-unsaturated/α-hetero) is 1. The second-order valence-corrected chi connectivity index (χ2v) is 7.33. The van der Waals surface area contributed by atoms with Gasteiger partial charge in [0.05, 0.1) is 12.3 Å². The minimum atomic E-state index is -3.56. The third-order valence-electron chi connectivity index (χ3n) is 2.38. The number of nitrogens with zero attached hydrogens (tertiary/aromatic N) is 1. The van der Waals surface area contributed by atoms with Gasteiger partial charge in [-0.25, -0.2) is 13.2 Å². The summed E-state index contributed by atoms with van der Waals surface area (Å²) in [5, 5.41) is 0. The standard InChI is InChI=1S/C12H19NO5S/c1-12(2,3)18-11(15)8-9-10(14)6-5-7-13(9)19(4,16)17/h8H,5-7H2,1-4H3/b9-8+. The van der Waals surface area contributed by atoms with Gasteiger partial charge >= 0.3 is 5.97 Å². The molecule has 19 heavy (non-hydrogen) atoms. The fraction of sp³-hybridized carbons (Fsp3) is 0.667. The van der Waals surface area contributed by atoms with E-state index in [0.29, 0.717) is 6.42 Å². The van der Waals surface area contributed by atoms with Gasteiger partial charge in [0.25, 0.3) is 0 Å². The van der Waals surface area contributed by atoms with E-state index in [1.165, 1.54) is 0 Å². The van der Waals surface area contributed by atoms with Gasteiger partial charge in [0.2, 0.25) is 10.0 Å². The van der Waals surface area contributed by atoms with E-state index in [-0.39, 0.29) is 24.4 Å². The van der Waals surface area contributed by atoms with Gasteiger partial charge in [-0.2, -0.15) is 0 Å². The maximum Gasteiger partial charge on any atom is 0.333 e. The number of ether oxygens (including phenoxy) is 1. The van der Waals surface area contributed by atoms with E-state index in [0.717, 1.165) is 16.6 Å². The van der Waals surface area contributed by atoms with E-state index in [1.807, 2.05) is 0 Å². The topological polar surface area (TPSA) is 80.8 Å². The number of piperidine rings is 1. The number of sulfonamides is 1. The molecule has 1 heterocycles. The Morgan fingerprint density at radius 3 is 2.42 bits per heavy atom. The molecule has 1 aliphatic rings. The lowest BCUT2D eigenvalue weighted by molar-refractivity contribution is -0.148. The average molecular weight is 289 g/mol. The molecule has 7 heteroatoms. The van der Waals surface area contributed by atoms with Crippen LogP contribution in [0.3, 0.4) is 0 Å². The molecule has 1 saturated heterocycles. The number of ketones is 1. The predicted molar refractivity (Wildman–Crippen MR) is 69.7 cm³/mol. The molecular weight excluding hydrogens is 270 g/mol. The SMILES string of the molecule is CC(C)(C)OC(=O)/C=C1\C(=O)CCCN1S(C)(=O)=O. The largest absolute Gasteiger partial charge is 0.457 e. The summed E-state index contributed by atoms with van der Waals surface area (Å²) in [5.41, 5.74) is -0.801. The van der Waals surface area contributed by atoms with Crippen molar-refractivity contribution in [1.29, 1.82) is 0 Å². The smallest absolute Gasteiger partial charge is 0.333 e. The molecule has 6 nitrogen and oxygen atoms in total. The molecule has 0 radical (unpaired) electrons. The number of allylic oxidation sites excluding steroid dienone is 1. The second kappa shape index (κ2) is 5.32. The molecule has 0 N–H and O–H groups in total. The predicted octanol–water partition coefficient (Wildman–Crippen LogP) is 0.837. The fourth-order valence-electron chi connectivity index (χ4n) is 1.71. The Balaban J connectivity index is 3.04. The lowest BCUT2D eigenvalue weighted by Crippen LogP contribution is -2.38. The first kappa shape index (κ1) is 15.7. The van der Waals surface area contributed by atoms with Crippen molar-refractivity contribution in [3.8, 4) is 0 Å². The van der Waals surface area contributed by atoms with Crippen LogP contribution in [0.25, 0.3) is 0 Å². The molecular formula is C12H19NO5S. The minimum Gasteiger partial charge on any atom is -0.457 e. The molecule has 0 amide bonds. The molecule has 1 rings (SSSR count). The van der Waals surface area contributed by atoms with Gasteiger partial charge in [0, 0.05) is 13.0 Å². The van der Waals surface area contributed by atoms with E-state index < -0.39 is 21.6 Å².